The van der Waals surface area contributed by atoms with E-state index in [1.165, 1.54) is 0 Å². The Hall–Kier alpha value is -3.86. The van der Waals surface area contributed by atoms with Crippen LogP contribution in [0.15, 0.2) is 78.9 Å². The minimum absolute atomic E-state index is 0.172. The van der Waals surface area contributed by atoms with Crippen LogP contribution in [-0.2, 0) is 4.79 Å². The van der Waals surface area contributed by atoms with Crippen molar-refractivity contribution in [1.82, 2.24) is 5.32 Å². The number of rotatable bonds is 4. The average Bonchev–Trinajstić information content (AvgIpc) is 3.05. The molecule has 138 valence electrons. The molecule has 0 saturated heterocycles. The second-order valence-electron chi connectivity index (χ2n) is 6.40. The van der Waals surface area contributed by atoms with Crippen LogP contribution in [0.3, 0.4) is 0 Å². The summed E-state index contributed by atoms with van der Waals surface area (Å²) in [6, 6.07) is 24.1. The quantitative estimate of drug-likeness (QED) is 0.609. The average molecular weight is 369 g/mol. The van der Waals surface area contributed by atoms with Crippen LogP contribution < -0.4 is 16.0 Å². The van der Waals surface area contributed by atoms with E-state index in [1.54, 1.807) is 31.3 Å². The molecule has 0 saturated carbocycles. The summed E-state index contributed by atoms with van der Waals surface area (Å²) in [5.74, 6) is -0.366. The van der Waals surface area contributed by atoms with Gasteiger partial charge in [0.15, 0.2) is 0 Å². The van der Waals surface area contributed by atoms with Crippen molar-refractivity contribution >= 4 is 34.5 Å². The molecule has 0 atom stereocenters. The van der Waals surface area contributed by atoms with Crippen LogP contribution in [0.4, 0.5) is 11.4 Å². The molecule has 1 aliphatic rings. The summed E-state index contributed by atoms with van der Waals surface area (Å²) in [6.45, 7) is 0. The van der Waals surface area contributed by atoms with Gasteiger partial charge in [0.05, 0.1) is 11.3 Å². The van der Waals surface area contributed by atoms with Gasteiger partial charge in [-0.3, -0.25) is 9.59 Å². The summed E-state index contributed by atoms with van der Waals surface area (Å²) in [7, 11) is 1.79. The predicted octanol–water partition coefficient (Wildman–Crippen LogP) is 3.98. The molecule has 0 unspecified atom stereocenters. The van der Waals surface area contributed by atoms with E-state index in [0.717, 1.165) is 22.5 Å². The van der Waals surface area contributed by atoms with Crippen LogP contribution in [-0.4, -0.2) is 18.9 Å². The number of nitrogens with one attached hydrogen (secondary N) is 3. The predicted molar refractivity (Wildman–Crippen MR) is 112 cm³/mol. The van der Waals surface area contributed by atoms with E-state index in [9.17, 15) is 9.59 Å². The molecule has 0 aliphatic carbocycles. The first-order valence-electron chi connectivity index (χ1n) is 8.97. The molecule has 2 amide bonds. The normalized spacial score (nSPS) is 14.1. The molecular formula is C23H19N3O2. The largest absolute Gasteiger partial charge is 0.387 e. The summed E-state index contributed by atoms with van der Waals surface area (Å²) in [4.78, 5) is 25.1. The van der Waals surface area contributed by atoms with Gasteiger partial charge in [0.2, 0.25) is 0 Å². The molecule has 0 radical (unpaired) electrons. The first-order chi connectivity index (χ1) is 13.7. The summed E-state index contributed by atoms with van der Waals surface area (Å²) >= 11 is 0. The van der Waals surface area contributed by atoms with Crippen molar-refractivity contribution in [2.75, 3.05) is 17.7 Å². The van der Waals surface area contributed by atoms with E-state index in [0.29, 0.717) is 16.8 Å². The molecule has 1 aliphatic heterocycles. The molecule has 0 spiro atoms. The smallest absolute Gasteiger partial charge is 0.258 e. The first-order valence-corrected chi connectivity index (χ1v) is 8.97. The molecule has 28 heavy (non-hydrogen) atoms. The van der Waals surface area contributed by atoms with E-state index in [2.05, 4.69) is 16.0 Å². The standard InChI is InChI=1S/C23H19N3O2/c1-24-21(15-8-4-2-5-9-15)20-18-14-17(12-13-19(18)26-23(20)28)25-22(27)16-10-6-3-7-11-16/h2-14,24H,1H3,(H,25,27)(H,26,28). The van der Waals surface area contributed by atoms with Crippen molar-refractivity contribution < 1.29 is 9.59 Å². The zero-order valence-corrected chi connectivity index (χ0v) is 15.3. The van der Waals surface area contributed by atoms with Crippen LogP contribution in [0.25, 0.3) is 11.3 Å². The van der Waals surface area contributed by atoms with Gasteiger partial charge in [0.1, 0.15) is 0 Å². The highest BCUT2D eigenvalue weighted by molar-refractivity contribution is 6.36. The Bertz CT molecular complexity index is 1070. The molecule has 0 bridgehead atoms. The van der Waals surface area contributed by atoms with E-state index >= 15 is 0 Å². The van der Waals surface area contributed by atoms with Crippen molar-refractivity contribution in [2.45, 2.75) is 0 Å². The van der Waals surface area contributed by atoms with Gasteiger partial charge in [-0.2, -0.15) is 0 Å². The highest BCUT2D eigenvalue weighted by Crippen LogP contribution is 2.37. The molecule has 0 aromatic heterocycles. The van der Waals surface area contributed by atoms with Gasteiger partial charge in [-0.1, -0.05) is 48.5 Å². The van der Waals surface area contributed by atoms with Gasteiger partial charge in [0.25, 0.3) is 11.8 Å². The molecular weight excluding hydrogens is 350 g/mol. The maximum atomic E-state index is 12.7. The second-order valence-corrected chi connectivity index (χ2v) is 6.40. The lowest BCUT2D eigenvalue weighted by atomic mass is 10.00. The Morgan fingerprint density at radius 1 is 0.857 bits per heavy atom. The van der Waals surface area contributed by atoms with Crippen LogP contribution in [0, 0.1) is 0 Å². The molecule has 4 rings (SSSR count). The molecule has 0 fully saturated rings. The fraction of sp³-hybridized carbons (Fsp3) is 0.0435. The number of hydrogen-bond acceptors (Lipinski definition) is 3. The Balaban J connectivity index is 1.73. The lowest BCUT2D eigenvalue weighted by Gasteiger charge is -2.12. The van der Waals surface area contributed by atoms with Crippen molar-refractivity contribution in [3.63, 3.8) is 0 Å². The van der Waals surface area contributed by atoms with Crippen LogP contribution in [0.1, 0.15) is 21.5 Å². The fourth-order valence-electron chi connectivity index (χ4n) is 3.30. The van der Waals surface area contributed by atoms with Crippen LogP contribution >= 0.6 is 0 Å². The first kappa shape index (κ1) is 17.5. The summed E-state index contributed by atoms with van der Waals surface area (Å²) in [5.41, 5.74) is 4.90. The number of hydrogen-bond donors (Lipinski definition) is 3. The van der Waals surface area contributed by atoms with Gasteiger partial charge in [-0.25, -0.2) is 0 Å². The lowest BCUT2D eigenvalue weighted by molar-refractivity contribution is -0.110. The fourth-order valence-corrected chi connectivity index (χ4v) is 3.30. The number of amides is 2. The summed E-state index contributed by atoms with van der Waals surface area (Å²) in [6.07, 6.45) is 0. The number of carbonyl (C=O) groups excluding carboxylic acids is 2. The zero-order chi connectivity index (χ0) is 19.5. The number of anilines is 2. The van der Waals surface area contributed by atoms with Crippen molar-refractivity contribution in [2.24, 2.45) is 0 Å². The third-order valence-electron chi connectivity index (χ3n) is 4.62. The van der Waals surface area contributed by atoms with Gasteiger partial charge in [0, 0.05) is 29.5 Å². The molecule has 5 nitrogen and oxygen atoms in total. The molecule has 3 aromatic rings. The summed E-state index contributed by atoms with van der Waals surface area (Å²) in [5, 5.41) is 8.94. The van der Waals surface area contributed by atoms with Gasteiger partial charge < -0.3 is 16.0 Å². The SMILES string of the molecule is CNC(=C1C(=O)Nc2ccc(NC(=O)c3ccccc3)cc21)c1ccccc1. The number of carbonyl (C=O) groups is 2. The van der Waals surface area contributed by atoms with Gasteiger partial charge in [-0.15, -0.1) is 0 Å². The highest BCUT2D eigenvalue weighted by Gasteiger charge is 2.28. The number of fused-ring (bicyclic) bond motifs is 1. The maximum Gasteiger partial charge on any atom is 0.258 e. The van der Waals surface area contributed by atoms with E-state index in [4.69, 9.17) is 0 Å². The van der Waals surface area contributed by atoms with E-state index in [-0.39, 0.29) is 11.8 Å². The molecule has 5 heteroatoms. The second kappa shape index (κ2) is 7.40. The van der Waals surface area contributed by atoms with Crippen LogP contribution in [0.5, 0.6) is 0 Å². The van der Waals surface area contributed by atoms with E-state index in [1.807, 2.05) is 54.6 Å². The topological polar surface area (TPSA) is 70.2 Å². The molecule has 3 N–H and O–H groups in total. The van der Waals surface area contributed by atoms with Crippen molar-refractivity contribution in [1.29, 1.82) is 0 Å². The monoisotopic (exact) mass is 369 g/mol. The van der Waals surface area contributed by atoms with Crippen molar-refractivity contribution in [3.8, 4) is 0 Å². The Morgan fingerprint density at radius 3 is 2.14 bits per heavy atom. The third kappa shape index (κ3) is 3.25. The van der Waals surface area contributed by atoms with Crippen LogP contribution in [0.2, 0.25) is 0 Å². The minimum atomic E-state index is -0.194. The Morgan fingerprint density at radius 2 is 1.50 bits per heavy atom. The third-order valence-corrected chi connectivity index (χ3v) is 4.62. The maximum absolute atomic E-state index is 12.7. The number of benzene rings is 3. The van der Waals surface area contributed by atoms with Gasteiger partial charge >= 0.3 is 0 Å². The Labute approximate surface area is 163 Å². The Kier molecular flexibility index (Phi) is 4.64. The lowest BCUT2D eigenvalue weighted by Crippen LogP contribution is -2.13. The molecule has 1 heterocycles. The zero-order valence-electron chi connectivity index (χ0n) is 15.3. The molecule has 3 aromatic carbocycles. The van der Waals surface area contributed by atoms with Gasteiger partial charge in [-0.05, 0) is 35.9 Å². The van der Waals surface area contributed by atoms with Crippen molar-refractivity contribution in [3.05, 3.63) is 95.6 Å². The minimum Gasteiger partial charge on any atom is -0.387 e. The van der Waals surface area contributed by atoms with E-state index < -0.39 is 0 Å². The highest BCUT2D eigenvalue weighted by atomic mass is 16.2. The summed E-state index contributed by atoms with van der Waals surface area (Å²) < 4.78 is 0.